The van der Waals surface area contributed by atoms with Gasteiger partial charge >= 0.3 is 0 Å². The molecule has 3 nitrogen and oxygen atoms in total. The minimum Gasteiger partial charge on any atom is -0.309 e. The van der Waals surface area contributed by atoms with E-state index in [4.69, 9.17) is 0 Å². The summed E-state index contributed by atoms with van der Waals surface area (Å²) in [6.07, 6.45) is 0.832. The van der Waals surface area contributed by atoms with Gasteiger partial charge < -0.3 is 13.7 Å². The molecule has 2 aliphatic rings. The Morgan fingerprint density at radius 3 is 1.63 bits per heavy atom. The Morgan fingerprint density at radius 2 is 0.846 bits per heavy atom. The SMILES string of the molecule is c1ccc(-c2ccc(-n3c4ccccc4c4ccc(-n5c6ccccc6c6ccc7c(c65)Cc5ccccc5C75c6ccccc6-n6c7ccccc7c7cccc5c76)cc43)cc2)cc1. The van der Waals surface area contributed by atoms with Gasteiger partial charge in [0.25, 0.3) is 0 Å². The standard InChI is InChI=1S/C62H39N3/c1-2-15-39(16-3-1)40-29-31-42(32-30-40)63-55-25-10-5-18-44(55)47-34-33-43(38-59(47)63)64-56-26-11-6-20-46(56)49-35-36-52-50(60(49)64)37-41-17-4-8-22-51(41)62(52)53-23-9-13-28-58(53)65-57-27-12-7-19-45(57)48-21-14-24-54(62)61(48)65/h1-36,38H,37H2. The fourth-order valence-corrected chi connectivity index (χ4v) is 12.4. The molecule has 0 fully saturated rings. The monoisotopic (exact) mass is 825 g/mol. The smallest absolute Gasteiger partial charge is 0.0748 e. The lowest BCUT2D eigenvalue weighted by atomic mass is 9.58. The van der Waals surface area contributed by atoms with E-state index in [0.29, 0.717) is 0 Å². The van der Waals surface area contributed by atoms with Crippen molar-refractivity contribution in [2.45, 2.75) is 11.8 Å². The third-order valence-electron chi connectivity index (χ3n) is 14.9. The zero-order chi connectivity index (χ0) is 42.4. The predicted molar refractivity (Wildman–Crippen MR) is 270 cm³/mol. The number of hydrogen-bond acceptors (Lipinski definition) is 0. The summed E-state index contributed by atoms with van der Waals surface area (Å²) in [6.45, 7) is 0. The number of para-hydroxylation sites is 5. The Balaban J connectivity index is 1.04. The predicted octanol–water partition coefficient (Wildman–Crippen LogP) is 15.2. The second-order valence-electron chi connectivity index (χ2n) is 18.0. The summed E-state index contributed by atoms with van der Waals surface area (Å²) in [7, 11) is 0. The molecule has 3 heteroatoms. The molecular weight excluding hydrogens is 787 g/mol. The molecule has 1 atom stereocenters. The Morgan fingerprint density at radius 1 is 0.308 bits per heavy atom. The molecular formula is C62H39N3. The molecule has 1 spiro atoms. The molecule has 0 amide bonds. The molecule has 1 unspecified atom stereocenters. The van der Waals surface area contributed by atoms with E-state index in [2.05, 4.69) is 238 Å². The first-order valence-electron chi connectivity index (χ1n) is 22.7. The molecule has 10 aromatic carbocycles. The van der Waals surface area contributed by atoms with Crippen molar-refractivity contribution in [3.8, 4) is 28.2 Å². The largest absolute Gasteiger partial charge is 0.309 e. The van der Waals surface area contributed by atoms with Gasteiger partial charge in [-0.2, -0.15) is 0 Å². The topological polar surface area (TPSA) is 14.8 Å². The summed E-state index contributed by atoms with van der Waals surface area (Å²) < 4.78 is 7.57. The summed E-state index contributed by atoms with van der Waals surface area (Å²) in [6, 6.07) is 84.1. The molecule has 4 heterocycles. The molecule has 0 saturated heterocycles. The van der Waals surface area contributed by atoms with Crippen LogP contribution in [0.4, 0.5) is 0 Å². The molecule has 1 aliphatic carbocycles. The van der Waals surface area contributed by atoms with Crippen LogP contribution in [0.15, 0.2) is 224 Å². The van der Waals surface area contributed by atoms with Crippen LogP contribution in [-0.4, -0.2) is 13.7 Å². The molecule has 13 aromatic rings. The van der Waals surface area contributed by atoms with Crippen molar-refractivity contribution in [2.75, 3.05) is 0 Å². The van der Waals surface area contributed by atoms with Crippen molar-refractivity contribution in [3.63, 3.8) is 0 Å². The summed E-state index contributed by atoms with van der Waals surface area (Å²) >= 11 is 0. The van der Waals surface area contributed by atoms with E-state index in [1.807, 2.05) is 0 Å². The van der Waals surface area contributed by atoms with Crippen molar-refractivity contribution < 1.29 is 0 Å². The number of fused-ring (bicyclic) bond motifs is 18. The van der Waals surface area contributed by atoms with Crippen LogP contribution in [-0.2, 0) is 11.8 Å². The van der Waals surface area contributed by atoms with Crippen molar-refractivity contribution in [2.24, 2.45) is 0 Å². The Bertz CT molecular complexity index is 4140. The Kier molecular flexibility index (Phi) is 6.94. The summed E-state index contributed by atoms with van der Waals surface area (Å²) in [5.41, 5.74) is 21.0. The fraction of sp³-hybridized carbons (Fsp3) is 0.0323. The van der Waals surface area contributed by atoms with Gasteiger partial charge in [0.2, 0.25) is 0 Å². The molecule has 65 heavy (non-hydrogen) atoms. The van der Waals surface area contributed by atoms with Gasteiger partial charge in [-0.25, -0.2) is 0 Å². The third kappa shape index (κ3) is 4.49. The number of benzene rings is 10. The maximum atomic E-state index is 2.58. The van der Waals surface area contributed by atoms with Gasteiger partial charge in [0.15, 0.2) is 0 Å². The minimum atomic E-state index is -0.553. The van der Waals surface area contributed by atoms with E-state index >= 15 is 0 Å². The second-order valence-corrected chi connectivity index (χ2v) is 18.0. The van der Waals surface area contributed by atoms with Crippen LogP contribution < -0.4 is 0 Å². The molecule has 0 radical (unpaired) electrons. The first-order chi connectivity index (χ1) is 32.3. The third-order valence-corrected chi connectivity index (χ3v) is 14.9. The summed E-state index contributed by atoms with van der Waals surface area (Å²) in [5.74, 6) is 0. The van der Waals surface area contributed by atoms with Gasteiger partial charge in [-0.15, -0.1) is 0 Å². The van der Waals surface area contributed by atoms with Crippen LogP contribution in [0.5, 0.6) is 0 Å². The number of nitrogens with zero attached hydrogens (tertiary/aromatic N) is 3. The maximum Gasteiger partial charge on any atom is 0.0748 e. The highest BCUT2D eigenvalue weighted by molar-refractivity contribution is 6.15. The summed E-state index contributed by atoms with van der Waals surface area (Å²) in [4.78, 5) is 0. The Labute approximate surface area is 375 Å². The quantitative estimate of drug-likeness (QED) is 0.169. The maximum absolute atomic E-state index is 2.58. The first-order valence-corrected chi connectivity index (χ1v) is 22.7. The highest BCUT2D eigenvalue weighted by Gasteiger charge is 2.49. The van der Waals surface area contributed by atoms with E-state index in [1.165, 1.54) is 116 Å². The molecule has 15 rings (SSSR count). The van der Waals surface area contributed by atoms with Gasteiger partial charge in [0, 0.05) is 50.1 Å². The van der Waals surface area contributed by atoms with E-state index in [-0.39, 0.29) is 0 Å². The zero-order valence-corrected chi connectivity index (χ0v) is 35.4. The lowest BCUT2D eigenvalue weighted by molar-refractivity contribution is 0.692. The highest BCUT2D eigenvalue weighted by Crippen LogP contribution is 2.58. The molecule has 0 N–H and O–H groups in total. The van der Waals surface area contributed by atoms with Crippen LogP contribution in [0, 0.1) is 0 Å². The van der Waals surface area contributed by atoms with Crippen molar-refractivity contribution in [1.82, 2.24) is 13.7 Å². The second kappa shape index (κ2) is 12.8. The fourth-order valence-electron chi connectivity index (χ4n) is 12.4. The lowest BCUT2D eigenvalue weighted by Crippen LogP contribution is -2.39. The Hall–Kier alpha value is -8.40. The van der Waals surface area contributed by atoms with Crippen LogP contribution in [0.1, 0.15) is 33.4 Å². The normalized spacial score (nSPS) is 15.1. The van der Waals surface area contributed by atoms with Crippen LogP contribution in [0.3, 0.4) is 0 Å². The number of hydrogen-bond donors (Lipinski definition) is 0. The first kappa shape index (κ1) is 35.1. The number of aromatic nitrogens is 3. The van der Waals surface area contributed by atoms with Crippen LogP contribution >= 0.6 is 0 Å². The van der Waals surface area contributed by atoms with Crippen LogP contribution in [0.25, 0.3) is 93.6 Å². The molecule has 3 aromatic heterocycles. The van der Waals surface area contributed by atoms with E-state index in [0.717, 1.165) is 17.8 Å². The van der Waals surface area contributed by atoms with Crippen LogP contribution in [0.2, 0.25) is 0 Å². The molecule has 0 saturated carbocycles. The molecule has 0 bridgehead atoms. The van der Waals surface area contributed by atoms with E-state index in [9.17, 15) is 0 Å². The van der Waals surface area contributed by atoms with Gasteiger partial charge in [0.05, 0.1) is 44.2 Å². The molecule has 302 valence electrons. The lowest BCUT2D eigenvalue weighted by Gasteiger charge is -2.46. The van der Waals surface area contributed by atoms with Gasteiger partial charge in [0.1, 0.15) is 0 Å². The highest BCUT2D eigenvalue weighted by atomic mass is 15.0. The van der Waals surface area contributed by atoms with Crippen molar-refractivity contribution in [3.05, 3.63) is 258 Å². The van der Waals surface area contributed by atoms with E-state index in [1.54, 1.807) is 0 Å². The van der Waals surface area contributed by atoms with Gasteiger partial charge in [-0.3, -0.25) is 0 Å². The summed E-state index contributed by atoms with van der Waals surface area (Å²) in [5, 5.41) is 7.63. The average molecular weight is 826 g/mol. The minimum absolute atomic E-state index is 0.553. The molecule has 1 aliphatic heterocycles. The van der Waals surface area contributed by atoms with Gasteiger partial charge in [-0.1, -0.05) is 176 Å². The van der Waals surface area contributed by atoms with Crippen molar-refractivity contribution >= 4 is 65.4 Å². The average Bonchev–Trinajstić information content (AvgIpc) is 4.02. The van der Waals surface area contributed by atoms with Gasteiger partial charge in [-0.05, 0) is 93.0 Å². The van der Waals surface area contributed by atoms with E-state index < -0.39 is 5.41 Å². The number of rotatable bonds is 3. The van der Waals surface area contributed by atoms with Crippen molar-refractivity contribution in [1.29, 1.82) is 0 Å². The zero-order valence-electron chi connectivity index (χ0n) is 35.4.